The van der Waals surface area contributed by atoms with Crippen LogP contribution in [0.15, 0.2) is 128 Å². The Morgan fingerprint density at radius 1 is 0.590 bits per heavy atom. The number of oxime groups is 1. The Labute approximate surface area is 493 Å². The number of benzene rings is 6. The fraction of sp³-hybridized carbons (Fsp3) is 0.140. The van der Waals surface area contributed by atoms with Crippen molar-refractivity contribution >= 4 is 115 Å². The lowest BCUT2D eigenvalue weighted by Crippen LogP contribution is -2.14. The minimum absolute atomic E-state index is 0.00241. The van der Waals surface area contributed by atoms with E-state index in [9.17, 15) is 24.0 Å². The van der Waals surface area contributed by atoms with Gasteiger partial charge in [0.2, 0.25) is 17.3 Å². The molecule has 0 saturated heterocycles. The predicted octanol–water partition coefficient (Wildman–Crippen LogP) is 12.9. The Morgan fingerprint density at radius 3 is 1.47 bits per heavy atom. The van der Waals surface area contributed by atoms with Gasteiger partial charge in [-0.3, -0.25) is 0 Å². The van der Waals surface area contributed by atoms with Crippen LogP contribution in [0.3, 0.4) is 0 Å². The van der Waals surface area contributed by atoms with E-state index < -0.39 is 29.8 Å². The number of methoxy groups -OCH3 is 4. The van der Waals surface area contributed by atoms with Gasteiger partial charge in [0.1, 0.15) is 11.2 Å². The third kappa shape index (κ3) is 17.0. The van der Waals surface area contributed by atoms with Crippen molar-refractivity contribution in [2.75, 3.05) is 34.2 Å². The number of aryl methyl sites for hydroxylation is 4. The first kappa shape index (κ1) is 66.0. The summed E-state index contributed by atoms with van der Waals surface area (Å²) in [6.45, 7) is 14.6. The van der Waals surface area contributed by atoms with Gasteiger partial charge in [-0.25, -0.2) is 34.7 Å². The van der Waals surface area contributed by atoms with E-state index in [4.69, 9.17) is 93.3 Å². The normalized spacial score (nSPS) is 10.3. The van der Waals surface area contributed by atoms with Crippen molar-refractivity contribution in [3.8, 4) is 23.0 Å². The van der Waals surface area contributed by atoms with Crippen LogP contribution in [0.1, 0.15) is 79.8 Å². The number of furan rings is 2. The van der Waals surface area contributed by atoms with E-state index in [1.54, 1.807) is 30.3 Å². The maximum Gasteiger partial charge on any atom is 0.371 e. The standard InChI is InChI=1S/C20H15ClN2O4.C11H10O3.C9H9ClN2O3.C9H6ClNO2.C8H8ClNO2.H3NO/c1-10-4-5-11(2)17-14(10)9-16(26-17)19-22-18(23-27-19)13-7-6-12(8-15(13)21)20(24)25-3;1-6-3-4-7(2)10-8(6)5-9(14-10)11(12)13;1-15-9(13)5-2-3-6(7(10)4-5)8(11)12-14;1-11-8-4-3-6(5-7(8)10)9(12)13-2;1-12-8(11)5-2-3-7(10)6(9)4-5;1-2/h4-9H,1-3H3;3-5H,1-2H3,(H,12,13);2-4,14H,1H3,(H2,11,12);3-5H,2H3;2-4H,10H2,1H3;2H,1H2. The molecule has 9 rings (SSSR count). The predicted molar refractivity (Wildman–Crippen MR) is 311 cm³/mol. The first-order chi connectivity index (χ1) is 39.5. The molecule has 0 aliphatic rings. The summed E-state index contributed by atoms with van der Waals surface area (Å²) in [6.07, 6.45) is 0. The number of halogens is 4. The number of carboxylic acid groups (broad SMARTS) is 1. The third-order valence-electron chi connectivity index (χ3n) is 11.4. The average Bonchev–Trinajstić information content (AvgIpc) is 3.64. The maximum atomic E-state index is 11.6. The lowest BCUT2D eigenvalue weighted by Gasteiger charge is -2.04. The minimum Gasteiger partial charge on any atom is -0.475 e. The second-order valence-electron chi connectivity index (χ2n) is 16.7. The molecule has 3 heterocycles. The summed E-state index contributed by atoms with van der Waals surface area (Å²) in [5, 5.41) is 33.6. The van der Waals surface area contributed by atoms with Crippen LogP contribution in [0.4, 0.5) is 11.4 Å². The number of hydrogen-bond donors (Lipinski definition) is 6. The molecular formula is C57H51Cl4N7O15. The zero-order valence-corrected chi connectivity index (χ0v) is 48.2. The number of carbonyl (C=O) groups excluding carboxylic acids is 4. The lowest BCUT2D eigenvalue weighted by molar-refractivity contribution is 0.0592. The maximum absolute atomic E-state index is 11.6. The number of hydrogen-bond acceptors (Lipinski definition) is 19. The number of fused-ring (bicyclic) bond motifs is 2. The Hall–Kier alpha value is -9.47. The second kappa shape index (κ2) is 30.9. The molecule has 26 heteroatoms. The smallest absolute Gasteiger partial charge is 0.371 e. The van der Waals surface area contributed by atoms with Gasteiger partial charge in [0.05, 0.1) is 78.0 Å². The number of rotatable bonds is 8. The van der Waals surface area contributed by atoms with Gasteiger partial charge >= 0.3 is 29.8 Å². The summed E-state index contributed by atoms with van der Waals surface area (Å²) in [6, 6.07) is 29.5. The summed E-state index contributed by atoms with van der Waals surface area (Å²) in [5.74, 6) is 1.56. The molecule has 3 aromatic heterocycles. The molecule has 0 spiro atoms. The fourth-order valence-electron chi connectivity index (χ4n) is 7.01. The molecule has 0 aliphatic heterocycles. The van der Waals surface area contributed by atoms with Crippen LogP contribution >= 0.6 is 46.4 Å². The topological polar surface area (TPSA) is 343 Å². The molecule has 83 heavy (non-hydrogen) atoms. The number of aromatic carboxylic acids is 1. The van der Waals surface area contributed by atoms with Gasteiger partial charge in [0, 0.05) is 26.9 Å². The summed E-state index contributed by atoms with van der Waals surface area (Å²) in [5.41, 5.74) is 19.5. The second-order valence-corrected chi connectivity index (χ2v) is 18.3. The molecule has 0 bridgehead atoms. The summed E-state index contributed by atoms with van der Waals surface area (Å²) >= 11 is 23.5. The third-order valence-corrected chi connectivity index (χ3v) is 12.6. The molecule has 0 amide bonds. The SMILES string of the molecule is COC(=O)c1ccc(-c2noc(-c3cc4c(C)ccc(C)c4o3)n2)c(Cl)c1.COC(=O)c1ccc(/C(N)=N\O)c(Cl)c1.COC(=O)c1ccc(N)c(Cl)c1.Cc1ccc(C)c2oc(C(=O)O)cc12.NO.[C-]#[N+]c1ccc(C(=O)OC)cc1Cl. The Morgan fingerprint density at radius 2 is 1.04 bits per heavy atom. The van der Waals surface area contributed by atoms with Crippen molar-refractivity contribution < 1.29 is 71.8 Å². The number of ether oxygens (including phenoxy) is 4. The van der Waals surface area contributed by atoms with Crippen molar-refractivity contribution in [2.45, 2.75) is 27.7 Å². The van der Waals surface area contributed by atoms with Crippen LogP contribution < -0.4 is 17.4 Å². The van der Waals surface area contributed by atoms with E-state index in [0.717, 1.165) is 38.6 Å². The summed E-state index contributed by atoms with van der Waals surface area (Å²) < 4.78 is 34.7. The Balaban J connectivity index is 0.000000231. The van der Waals surface area contributed by atoms with E-state index in [0.29, 0.717) is 72.0 Å². The van der Waals surface area contributed by atoms with Crippen molar-refractivity contribution in [3.05, 3.63) is 197 Å². The average molecular weight is 1220 g/mol. The molecular weight excluding hydrogens is 1160 g/mol. The number of carbonyl (C=O) groups is 5. The largest absolute Gasteiger partial charge is 0.475 e. The summed E-state index contributed by atoms with van der Waals surface area (Å²) in [4.78, 5) is 62.9. The van der Waals surface area contributed by atoms with Crippen LogP contribution in [0.5, 0.6) is 0 Å². The van der Waals surface area contributed by atoms with E-state index in [-0.39, 0.29) is 27.5 Å². The van der Waals surface area contributed by atoms with Crippen LogP contribution in [-0.4, -0.2) is 89.8 Å². The molecule has 0 atom stereocenters. The van der Waals surface area contributed by atoms with Crippen LogP contribution in [0, 0.1) is 34.3 Å². The molecule has 0 fully saturated rings. The molecule has 0 saturated carbocycles. The Kier molecular flexibility index (Phi) is 24.6. The van der Waals surface area contributed by atoms with Gasteiger partial charge in [0.25, 0.3) is 5.89 Å². The van der Waals surface area contributed by atoms with Crippen LogP contribution in [-0.2, 0) is 18.9 Å². The molecule has 0 unspecified atom stereocenters. The van der Waals surface area contributed by atoms with Gasteiger partial charge in [-0.05, 0) is 123 Å². The van der Waals surface area contributed by atoms with E-state index in [1.807, 2.05) is 58.0 Å². The van der Waals surface area contributed by atoms with Crippen LogP contribution in [0.2, 0.25) is 20.1 Å². The minimum atomic E-state index is -1.03. The van der Waals surface area contributed by atoms with Gasteiger partial charge in [0.15, 0.2) is 11.6 Å². The number of anilines is 1. The van der Waals surface area contributed by atoms with E-state index in [1.165, 1.54) is 77.0 Å². The van der Waals surface area contributed by atoms with Gasteiger partial charge < -0.3 is 59.3 Å². The number of nitrogen functional groups attached to an aromatic ring is 1. The highest BCUT2D eigenvalue weighted by Gasteiger charge is 2.20. The van der Waals surface area contributed by atoms with Crippen molar-refractivity contribution in [2.24, 2.45) is 16.8 Å². The number of nitrogens with two attached hydrogens (primary N) is 3. The quantitative estimate of drug-likeness (QED) is 0.0120. The summed E-state index contributed by atoms with van der Waals surface area (Å²) in [7, 11) is 5.19. The number of carboxylic acids is 1. The number of esters is 4. The zero-order chi connectivity index (χ0) is 61.8. The highest BCUT2D eigenvalue weighted by Crippen LogP contribution is 2.34. The molecule has 22 nitrogen and oxygen atoms in total. The highest BCUT2D eigenvalue weighted by atomic mass is 35.5. The molecule has 0 radical (unpaired) electrons. The number of amidine groups is 1. The highest BCUT2D eigenvalue weighted by molar-refractivity contribution is 6.35. The number of nitrogens with zero attached hydrogens (tertiary/aromatic N) is 4. The molecule has 9 N–H and O–H groups in total. The molecule has 432 valence electrons. The van der Waals surface area contributed by atoms with Crippen molar-refractivity contribution in [1.82, 2.24) is 10.1 Å². The molecule has 9 aromatic rings. The first-order valence-corrected chi connectivity index (χ1v) is 25.0. The first-order valence-electron chi connectivity index (χ1n) is 23.5. The van der Waals surface area contributed by atoms with Gasteiger partial charge in [-0.1, -0.05) is 93.1 Å². The fourth-order valence-corrected chi connectivity index (χ4v) is 7.95. The van der Waals surface area contributed by atoms with Gasteiger partial charge in [-0.2, -0.15) is 4.98 Å². The number of aromatic nitrogens is 2. The van der Waals surface area contributed by atoms with E-state index in [2.05, 4.69) is 45.0 Å². The Bertz CT molecular complexity index is 3830. The zero-order valence-electron chi connectivity index (χ0n) is 45.2. The van der Waals surface area contributed by atoms with Crippen molar-refractivity contribution in [3.63, 3.8) is 0 Å². The van der Waals surface area contributed by atoms with E-state index >= 15 is 0 Å². The molecule has 0 aliphatic carbocycles. The van der Waals surface area contributed by atoms with Crippen molar-refractivity contribution in [1.29, 1.82) is 0 Å². The van der Waals surface area contributed by atoms with Crippen LogP contribution in [0.25, 0.3) is 49.8 Å². The van der Waals surface area contributed by atoms with Gasteiger partial charge in [-0.15, -0.1) is 0 Å². The monoisotopic (exact) mass is 1210 g/mol. The molecule has 6 aromatic carbocycles. The lowest BCUT2D eigenvalue weighted by atomic mass is 10.1.